The van der Waals surface area contributed by atoms with E-state index in [2.05, 4.69) is 5.10 Å². The summed E-state index contributed by atoms with van der Waals surface area (Å²) in [5.41, 5.74) is 9.37. The summed E-state index contributed by atoms with van der Waals surface area (Å²) in [7, 11) is 0. The van der Waals surface area contributed by atoms with Gasteiger partial charge in [0.05, 0.1) is 16.9 Å². The van der Waals surface area contributed by atoms with E-state index in [1.165, 1.54) is 5.69 Å². The molecule has 0 fully saturated rings. The molecule has 1 atom stereocenters. The molecule has 1 aliphatic rings. The van der Waals surface area contributed by atoms with Crippen LogP contribution in [-0.2, 0) is 6.42 Å². The fourth-order valence-corrected chi connectivity index (χ4v) is 3.11. The third kappa shape index (κ3) is 2.38. The van der Waals surface area contributed by atoms with Gasteiger partial charge in [0.25, 0.3) is 0 Å². The Morgan fingerprint density at radius 1 is 1.26 bits per heavy atom. The first-order chi connectivity index (χ1) is 9.16. The SMILES string of the molecule is NC1CCCCc2c1cnn2-c1ccc(Cl)cc1Cl. The molecule has 0 bridgehead atoms. The highest BCUT2D eigenvalue weighted by molar-refractivity contribution is 6.35. The highest BCUT2D eigenvalue weighted by Crippen LogP contribution is 2.31. The van der Waals surface area contributed by atoms with Gasteiger partial charge in [-0.1, -0.05) is 29.6 Å². The van der Waals surface area contributed by atoms with E-state index >= 15 is 0 Å². The van der Waals surface area contributed by atoms with E-state index in [0.29, 0.717) is 10.0 Å². The Kier molecular flexibility index (Phi) is 3.52. The van der Waals surface area contributed by atoms with Crippen molar-refractivity contribution in [1.82, 2.24) is 9.78 Å². The van der Waals surface area contributed by atoms with Crippen molar-refractivity contribution in [1.29, 1.82) is 0 Å². The van der Waals surface area contributed by atoms with Gasteiger partial charge in [0, 0.05) is 22.3 Å². The number of hydrogen-bond donors (Lipinski definition) is 1. The van der Waals surface area contributed by atoms with E-state index < -0.39 is 0 Å². The van der Waals surface area contributed by atoms with Gasteiger partial charge in [-0.25, -0.2) is 4.68 Å². The van der Waals surface area contributed by atoms with Gasteiger partial charge < -0.3 is 5.73 Å². The summed E-state index contributed by atoms with van der Waals surface area (Å²) in [6.07, 6.45) is 6.17. The maximum atomic E-state index is 6.26. The Morgan fingerprint density at radius 2 is 2.11 bits per heavy atom. The van der Waals surface area contributed by atoms with Crippen molar-refractivity contribution in [3.05, 3.63) is 45.7 Å². The second kappa shape index (κ2) is 5.16. The molecule has 1 aromatic carbocycles. The largest absolute Gasteiger partial charge is 0.324 e. The summed E-state index contributed by atoms with van der Waals surface area (Å²) in [5, 5.41) is 5.70. The molecule has 3 rings (SSSR count). The monoisotopic (exact) mass is 295 g/mol. The lowest BCUT2D eigenvalue weighted by Gasteiger charge is -2.11. The predicted molar refractivity (Wildman–Crippen MR) is 78.1 cm³/mol. The molecule has 0 saturated heterocycles. The molecule has 0 amide bonds. The molecule has 0 aliphatic heterocycles. The summed E-state index contributed by atoms with van der Waals surface area (Å²) >= 11 is 12.2. The molecule has 1 unspecified atom stereocenters. The van der Waals surface area contributed by atoms with Gasteiger partial charge in [-0.2, -0.15) is 5.10 Å². The van der Waals surface area contributed by atoms with Crippen molar-refractivity contribution >= 4 is 23.2 Å². The second-order valence-corrected chi connectivity index (χ2v) is 5.75. The van der Waals surface area contributed by atoms with Crippen LogP contribution in [0.1, 0.15) is 36.6 Å². The predicted octanol–water partition coefficient (Wildman–Crippen LogP) is 3.91. The molecule has 2 aromatic rings. The van der Waals surface area contributed by atoms with Gasteiger partial charge in [0.15, 0.2) is 0 Å². The molecule has 19 heavy (non-hydrogen) atoms. The highest BCUT2D eigenvalue weighted by atomic mass is 35.5. The molecule has 0 saturated carbocycles. The van der Waals surface area contributed by atoms with Crippen LogP contribution in [0.5, 0.6) is 0 Å². The zero-order valence-electron chi connectivity index (χ0n) is 10.4. The fourth-order valence-electron chi connectivity index (χ4n) is 2.62. The number of hydrogen-bond acceptors (Lipinski definition) is 2. The number of benzene rings is 1. The van der Waals surface area contributed by atoms with Crippen LogP contribution in [0.4, 0.5) is 0 Å². The molecule has 1 heterocycles. The second-order valence-electron chi connectivity index (χ2n) is 4.91. The smallest absolute Gasteiger partial charge is 0.0836 e. The quantitative estimate of drug-likeness (QED) is 0.811. The van der Waals surface area contributed by atoms with Crippen molar-refractivity contribution in [2.24, 2.45) is 5.73 Å². The molecule has 1 aromatic heterocycles. The molecule has 2 N–H and O–H groups in total. The van der Waals surface area contributed by atoms with Crippen molar-refractivity contribution in [3.63, 3.8) is 0 Å². The summed E-state index contributed by atoms with van der Waals surface area (Å²) < 4.78 is 1.90. The van der Waals surface area contributed by atoms with Crippen molar-refractivity contribution in [2.75, 3.05) is 0 Å². The van der Waals surface area contributed by atoms with Crippen LogP contribution < -0.4 is 5.73 Å². The van der Waals surface area contributed by atoms with Gasteiger partial charge >= 0.3 is 0 Å². The third-order valence-corrected chi connectivity index (χ3v) is 4.16. The normalized spacial score (nSPS) is 19.0. The van der Waals surface area contributed by atoms with Crippen LogP contribution in [0.2, 0.25) is 10.0 Å². The standard InChI is InChI=1S/C14H15Cl2N3/c15-9-5-6-14(11(16)7-9)19-13-4-2-1-3-12(17)10(13)8-18-19/h5-8,12H,1-4,17H2. The lowest BCUT2D eigenvalue weighted by Crippen LogP contribution is -2.10. The number of aromatic nitrogens is 2. The first-order valence-corrected chi connectivity index (χ1v) is 7.20. The Hall–Kier alpha value is -1.03. The minimum absolute atomic E-state index is 0.0809. The average Bonchev–Trinajstić information content (AvgIpc) is 2.69. The lowest BCUT2D eigenvalue weighted by atomic mass is 10.1. The maximum Gasteiger partial charge on any atom is 0.0836 e. The highest BCUT2D eigenvalue weighted by Gasteiger charge is 2.21. The van der Waals surface area contributed by atoms with Crippen LogP contribution >= 0.6 is 23.2 Å². The maximum absolute atomic E-state index is 6.26. The lowest BCUT2D eigenvalue weighted by molar-refractivity contribution is 0.611. The molecule has 5 heteroatoms. The van der Waals surface area contributed by atoms with E-state index in [0.717, 1.165) is 36.9 Å². The first-order valence-electron chi connectivity index (χ1n) is 6.44. The van der Waals surface area contributed by atoms with Crippen LogP contribution in [0.3, 0.4) is 0 Å². The topological polar surface area (TPSA) is 43.8 Å². The zero-order chi connectivity index (χ0) is 13.4. The fraction of sp³-hybridized carbons (Fsp3) is 0.357. The Balaban J connectivity index is 2.11. The van der Waals surface area contributed by atoms with E-state index in [1.54, 1.807) is 6.07 Å². The molecule has 0 radical (unpaired) electrons. The zero-order valence-corrected chi connectivity index (χ0v) is 12.0. The van der Waals surface area contributed by atoms with Gasteiger partial charge in [0.1, 0.15) is 0 Å². The van der Waals surface area contributed by atoms with Gasteiger partial charge in [-0.15, -0.1) is 0 Å². The van der Waals surface area contributed by atoms with E-state index in [1.807, 2.05) is 23.0 Å². The molecule has 1 aliphatic carbocycles. The number of rotatable bonds is 1. The summed E-state index contributed by atoms with van der Waals surface area (Å²) in [6.45, 7) is 0. The Labute approximate surface area is 122 Å². The molecule has 100 valence electrons. The Morgan fingerprint density at radius 3 is 2.89 bits per heavy atom. The summed E-state index contributed by atoms with van der Waals surface area (Å²) in [4.78, 5) is 0. The van der Waals surface area contributed by atoms with Gasteiger partial charge in [0.2, 0.25) is 0 Å². The first kappa shape index (κ1) is 13.0. The van der Waals surface area contributed by atoms with Crippen molar-refractivity contribution in [3.8, 4) is 5.69 Å². The minimum Gasteiger partial charge on any atom is -0.324 e. The third-order valence-electron chi connectivity index (χ3n) is 3.62. The molecule has 3 nitrogen and oxygen atoms in total. The van der Waals surface area contributed by atoms with Gasteiger partial charge in [-0.3, -0.25) is 0 Å². The van der Waals surface area contributed by atoms with Gasteiger partial charge in [-0.05, 0) is 37.5 Å². The number of nitrogens with zero attached hydrogens (tertiary/aromatic N) is 2. The van der Waals surface area contributed by atoms with E-state index in [4.69, 9.17) is 28.9 Å². The van der Waals surface area contributed by atoms with E-state index in [-0.39, 0.29) is 6.04 Å². The Bertz CT molecular complexity index is 607. The number of fused-ring (bicyclic) bond motifs is 1. The summed E-state index contributed by atoms with van der Waals surface area (Å²) in [5.74, 6) is 0. The summed E-state index contributed by atoms with van der Waals surface area (Å²) in [6, 6.07) is 5.54. The number of nitrogens with two attached hydrogens (primary N) is 1. The van der Waals surface area contributed by atoms with Crippen molar-refractivity contribution in [2.45, 2.75) is 31.7 Å². The molecular weight excluding hydrogens is 281 g/mol. The van der Waals surface area contributed by atoms with Crippen LogP contribution in [0, 0.1) is 0 Å². The van der Waals surface area contributed by atoms with Crippen LogP contribution in [-0.4, -0.2) is 9.78 Å². The van der Waals surface area contributed by atoms with E-state index in [9.17, 15) is 0 Å². The number of halogens is 2. The molecule has 0 spiro atoms. The average molecular weight is 296 g/mol. The molecular formula is C14H15Cl2N3. The van der Waals surface area contributed by atoms with Crippen LogP contribution in [0.25, 0.3) is 5.69 Å². The van der Waals surface area contributed by atoms with Crippen LogP contribution in [0.15, 0.2) is 24.4 Å². The van der Waals surface area contributed by atoms with Crippen molar-refractivity contribution < 1.29 is 0 Å². The minimum atomic E-state index is 0.0809.